The molecule has 0 radical (unpaired) electrons. The number of aromatic hydroxyl groups is 1. The van der Waals surface area contributed by atoms with Crippen LogP contribution >= 0.6 is 0 Å². The van der Waals surface area contributed by atoms with Crippen LogP contribution in [0.5, 0.6) is 11.5 Å². The van der Waals surface area contributed by atoms with Gasteiger partial charge in [0.1, 0.15) is 0 Å². The van der Waals surface area contributed by atoms with Crippen LogP contribution in [0.25, 0.3) is 0 Å². The van der Waals surface area contributed by atoms with Crippen molar-refractivity contribution in [3.63, 3.8) is 0 Å². The third-order valence-corrected chi connectivity index (χ3v) is 4.40. The molecular formula is C18H30N2O3. The molecule has 0 aliphatic carbocycles. The molecule has 1 fully saturated rings. The average Bonchev–Trinajstić information content (AvgIpc) is 2.51. The van der Waals surface area contributed by atoms with Crippen molar-refractivity contribution in [2.24, 2.45) is 5.92 Å². The lowest BCUT2D eigenvalue weighted by atomic mass is 10.1. The summed E-state index contributed by atoms with van der Waals surface area (Å²) < 4.78 is 5.19. The van der Waals surface area contributed by atoms with E-state index in [2.05, 4.69) is 23.6 Å². The number of hydrogen-bond acceptors (Lipinski definition) is 5. The Balaban J connectivity index is 1.99. The van der Waals surface area contributed by atoms with Crippen LogP contribution in [-0.2, 0) is 6.54 Å². The van der Waals surface area contributed by atoms with Crippen LogP contribution in [0.4, 0.5) is 0 Å². The van der Waals surface area contributed by atoms with Gasteiger partial charge in [-0.1, -0.05) is 19.9 Å². The van der Waals surface area contributed by atoms with Crippen LogP contribution in [-0.4, -0.2) is 66.0 Å². The molecule has 1 aromatic carbocycles. The smallest absolute Gasteiger partial charge is 0.160 e. The Morgan fingerprint density at radius 3 is 2.74 bits per heavy atom. The molecule has 0 amide bonds. The molecule has 5 heteroatoms. The van der Waals surface area contributed by atoms with E-state index in [1.165, 1.54) is 0 Å². The Hall–Kier alpha value is -1.30. The lowest BCUT2D eigenvalue weighted by Gasteiger charge is -2.42. The van der Waals surface area contributed by atoms with E-state index in [-0.39, 0.29) is 12.4 Å². The second-order valence-electron chi connectivity index (χ2n) is 6.80. The summed E-state index contributed by atoms with van der Waals surface area (Å²) in [6.07, 6.45) is 0.822. The van der Waals surface area contributed by atoms with E-state index in [0.29, 0.717) is 17.7 Å². The van der Waals surface area contributed by atoms with Crippen LogP contribution in [0.15, 0.2) is 18.2 Å². The predicted octanol–water partition coefficient (Wildman–Crippen LogP) is 1.93. The lowest BCUT2D eigenvalue weighted by Crippen LogP contribution is -2.53. The Labute approximate surface area is 139 Å². The number of methoxy groups -OCH3 is 1. The average molecular weight is 322 g/mol. The van der Waals surface area contributed by atoms with Gasteiger partial charge in [0, 0.05) is 45.4 Å². The van der Waals surface area contributed by atoms with Crippen molar-refractivity contribution in [2.75, 3.05) is 39.9 Å². The third-order valence-electron chi connectivity index (χ3n) is 4.40. The minimum atomic E-state index is 0.177. The van der Waals surface area contributed by atoms with Gasteiger partial charge in [-0.2, -0.15) is 0 Å². The van der Waals surface area contributed by atoms with Gasteiger partial charge in [0.2, 0.25) is 0 Å². The van der Waals surface area contributed by atoms with Crippen molar-refractivity contribution in [1.82, 2.24) is 9.80 Å². The minimum absolute atomic E-state index is 0.177. The summed E-state index contributed by atoms with van der Waals surface area (Å²) in [5.74, 6) is 1.34. The van der Waals surface area contributed by atoms with Gasteiger partial charge < -0.3 is 14.9 Å². The number of phenolic OH excluding ortho intramolecular Hbond substituents is 1. The van der Waals surface area contributed by atoms with E-state index in [0.717, 1.165) is 44.7 Å². The molecule has 0 bridgehead atoms. The number of piperazine rings is 1. The minimum Gasteiger partial charge on any atom is -0.504 e. The number of aliphatic hydroxyl groups excluding tert-OH is 1. The highest BCUT2D eigenvalue weighted by Crippen LogP contribution is 2.27. The largest absolute Gasteiger partial charge is 0.504 e. The number of phenols is 1. The summed E-state index contributed by atoms with van der Waals surface area (Å²) >= 11 is 0. The van der Waals surface area contributed by atoms with Gasteiger partial charge in [0.15, 0.2) is 11.5 Å². The van der Waals surface area contributed by atoms with E-state index in [9.17, 15) is 10.2 Å². The van der Waals surface area contributed by atoms with Crippen LogP contribution in [0.1, 0.15) is 25.8 Å². The standard InChI is InChI=1S/C18H30N2O3/c1-14(2)11-20-8-7-19(13-16(20)6-9-21)12-15-4-5-17(22)18(10-15)23-3/h4-5,10,14,16,21-22H,6-9,11-13H2,1-3H3. The molecule has 0 spiro atoms. The van der Waals surface area contributed by atoms with Gasteiger partial charge in [-0.3, -0.25) is 9.80 Å². The van der Waals surface area contributed by atoms with Gasteiger partial charge in [-0.05, 0) is 30.0 Å². The van der Waals surface area contributed by atoms with Crippen molar-refractivity contribution in [1.29, 1.82) is 0 Å². The maximum atomic E-state index is 9.70. The van der Waals surface area contributed by atoms with Crippen molar-refractivity contribution >= 4 is 0 Å². The summed E-state index contributed by atoms with van der Waals surface area (Å²) in [5.41, 5.74) is 1.14. The first-order valence-corrected chi connectivity index (χ1v) is 8.46. The Morgan fingerprint density at radius 1 is 1.30 bits per heavy atom. The summed E-state index contributed by atoms with van der Waals surface area (Å²) in [5, 5.41) is 19.1. The quantitative estimate of drug-likeness (QED) is 0.803. The molecule has 130 valence electrons. The highest BCUT2D eigenvalue weighted by molar-refractivity contribution is 5.41. The fourth-order valence-corrected chi connectivity index (χ4v) is 3.31. The third kappa shape index (κ3) is 5.09. The zero-order valence-corrected chi connectivity index (χ0v) is 14.5. The zero-order chi connectivity index (χ0) is 16.8. The number of ether oxygens (including phenoxy) is 1. The highest BCUT2D eigenvalue weighted by atomic mass is 16.5. The molecule has 0 aromatic heterocycles. The van der Waals surface area contributed by atoms with Gasteiger partial charge in [0.25, 0.3) is 0 Å². The molecule has 1 aliphatic heterocycles. The lowest BCUT2D eigenvalue weighted by molar-refractivity contribution is 0.0476. The SMILES string of the molecule is COc1cc(CN2CCN(CC(C)C)C(CCO)C2)ccc1O. The van der Waals surface area contributed by atoms with Crippen molar-refractivity contribution < 1.29 is 14.9 Å². The van der Waals surface area contributed by atoms with E-state index < -0.39 is 0 Å². The molecule has 1 aliphatic rings. The molecule has 5 nitrogen and oxygen atoms in total. The van der Waals surface area contributed by atoms with Crippen LogP contribution < -0.4 is 4.74 Å². The number of aliphatic hydroxyl groups is 1. The Kier molecular flexibility index (Phi) is 6.69. The molecule has 1 saturated heterocycles. The number of hydrogen-bond donors (Lipinski definition) is 2. The molecule has 2 N–H and O–H groups in total. The van der Waals surface area contributed by atoms with E-state index >= 15 is 0 Å². The molecule has 1 aromatic rings. The highest BCUT2D eigenvalue weighted by Gasteiger charge is 2.26. The topological polar surface area (TPSA) is 56.2 Å². The van der Waals surface area contributed by atoms with Crippen LogP contribution in [0, 0.1) is 5.92 Å². The van der Waals surface area contributed by atoms with Gasteiger partial charge in [-0.15, -0.1) is 0 Å². The van der Waals surface area contributed by atoms with E-state index in [1.807, 2.05) is 12.1 Å². The second kappa shape index (κ2) is 8.52. The zero-order valence-electron chi connectivity index (χ0n) is 14.5. The van der Waals surface area contributed by atoms with Crippen molar-refractivity contribution in [3.05, 3.63) is 23.8 Å². The van der Waals surface area contributed by atoms with Crippen LogP contribution in [0.3, 0.4) is 0 Å². The first-order chi connectivity index (χ1) is 11.0. The van der Waals surface area contributed by atoms with Gasteiger partial charge in [-0.25, -0.2) is 0 Å². The van der Waals surface area contributed by atoms with Crippen LogP contribution in [0.2, 0.25) is 0 Å². The Bertz CT molecular complexity index is 493. The van der Waals surface area contributed by atoms with Crippen molar-refractivity contribution in [3.8, 4) is 11.5 Å². The maximum absolute atomic E-state index is 9.70. The van der Waals surface area contributed by atoms with Gasteiger partial charge >= 0.3 is 0 Å². The monoisotopic (exact) mass is 322 g/mol. The molecule has 2 rings (SSSR count). The molecule has 1 unspecified atom stereocenters. The van der Waals surface area contributed by atoms with E-state index in [1.54, 1.807) is 13.2 Å². The maximum Gasteiger partial charge on any atom is 0.160 e. The summed E-state index contributed by atoms with van der Waals surface area (Å²) in [6, 6.07) is 5.94. The molecule has 1 heterocycles. The first-order valence-electron chi connectivity index (χ1n) is 8.46. The summed E-state index contributed by atoms with van der Waals surface area (Å²) in [4.78, 5) is 4.93. The second-order valence-corrected chi connectivity index (χ2v) is 6.80. The molecular weight excluding hydrogens is 292 g/mol. The van der Waals surface area contributed by atoms with Crippen molar-refractivity contribution in [2.45, 2.75) is 32.9 Å². The fourth-order valence-electron chi connectivity index (χ4n) is 3.31. The summed E-state index contributed by atoms with van der Waals surface area (Å²) in [7, 11) is 1.57. The molecule has 1 atom stereocenters. The molecule has 0 saturated carbocycles. The van der Waals surface area contributed by atoms with Gasteiger partial charge in [0.05, 0.1) is 7.11 Å². The fraction of sp³-hybridized carbons (Fsp3) is 0.667. The Morgan fingerprint density at radius 2 is 2.09 bits per heavy atom. The number of nitrogens with zero attached hydrogens (tertiary/aromatic N) is 2. The predicted molar refractivity (Wildman–Crippen MR) is 91.8 cm³/mol. The normalized spacial score (nSPS) is 20.1. The number of rotatable bonds is 7. The summed E-state index contributed by atoms with van der Waals surface area (Å²) in [6.45, 7) is 9.68. The number of benzene rings is 1. The molecule has 23 heavy (non-hydrogen) atoms. The first kappa shape index (κ1) is 18.0. The van der Waals surface area contributed by atoms with E-state index in [4.69, 9.17) is 4.74 Å².